The molecule has 0 aliphatic carbocycles. The van der Waals surface area contributed by atoms with Crippen molar-refractivity contribution in [3.8, 4) is 11.5 Å². The summed E-state index contributed by atoms with van der Waals surface area (Å²) in [7, 11) is 1.44. The summed E-state index contributed by atoms with van der Waals surface area (Å²) in [6.45, 7) is 1.65. The molecule has 6 heteroatoms. The zero-order chi connectivity index (χ0) is 19.4. The topological polar surface area (TPSA) is 76.1 Å². The predicted octanol–water partition coefficient (Wildman–Crippen LogP) is 2.94. The van der Waals surface area contributed by atoms with Gasteiger partial charge in [-0.3, -0.25) is 4.79 Å². The van der Waals surface area contributed by atoms with Gasteiger partial charge in [-0.1, -0.05) is 24.3 Å². The quantitative estimate of drug-likeness (QED) is 0.650. The molecule has 1 unspecified atom stereocenters. The van der Waals surface area contributed by atoms with Crippen LogP contribution in [0.3, 0.4) is 0 Å². The molecule has 1 aliphatic heterocycles. The zero-order valence-electron chi connectivity index (χ0n) is 15.2. The Bertz CT molecular complexity index is 890. The fourth-order valence-corrected chi connectivity index (χ4v) is 3.16. The second-order valence-electron chi connectivity index (χ2n) is 6.32. The number of phenolic OH excluding ortho intramolecular Hbond substituents is 1. The molecular weight excluding hydrogens is 346 g/mol. The van der Waals surface area contributed by atoms with Crippen LogP contribution in [-0.2, 0) is 20.7 Å². The summed E-state index contributed by atoms with van der Waals surface area (Å²) in [5.74, 6) is -0.541. The molecule has 0 spiro atoms. The Morgan fingerprint density at radius 2 is 2.04 bits per heavy atom. The summed E-state index contributed by atoms with van der Waals surface area (Å²) in [6.07, 6.45) is 3.56. The van der Waals surface area contributed by atoms with Crippen molar-refractivity contribution >= 4 is 23.6 Å². The number of aromatic hydroxyl groups is 1. The number of carbonyl (C=O) groups is 2. The highest BCUT2D eigenvalue weighted by molar-refractivity contribution is 5.98. The van der Waals surface area contributed by atoms with Gasteiger partial charge in [-0.05, 0) is 48.7 Å². The molecule has 0 bridgehead atoms. The second kappa shape index (κ2) is 7.95. The second-order valence-corrected chi connectivity index (χ2v) is 6.32. The van der Waals surface area contributed by atoms with Gasteiger partial charge in [0.05, 0.1) is 7.11 Å². The number of anilines is 1. The molecule has 27 heavy (non-hydrogen) atoms. The van der Waals surface area contributed by atoms with E-state index in [2.05, 4.69) is 0 Å². The number of methoxy groups -OCH3 is 1. The number of esters is 1. The smallest absolute Gasteiger partial charge is 0.331 e. The van der Waals surface area contributed by atoms with Crippen molar-refractivity contribution in [2.24, 2.45) is 0 Å². The lowest BCUT2D eigenvalue weighted by Gasteiger charge is -2.22. The van der Waals surface area contributed by atoms with Gasteiger partial charge in [-0.2, -0.15) is 0 Å². The Morgan fingerprint density at radius 1 is 1.26 bits per heavy atom. The molecule has 1 atom stereocenters. The van der Waals surface area contributed by atoms with Crippen molar-refractivity contribution in [3.63, 3.8) is 0 Å². The molecule has 1 heterocycles. The number of hydrogen-bond acceptors (Lipinski definition) is 5. The first-order valence-corrected chi connectivity index (χ1v) is 8.61. The van der Waals surface area contributed by atoms with E-state index in [1.54, 1.807) is 17.0 Å². The highest BCUT2D eigenvalue weighted by Gasteiger charge is 2.30. The third kappa shape index (κ3) is 4.11. The number of benzene rings is 2. The van der Waals surface area contributed by atoms with Gasteiger partial charge in [0.1, 0.15) is 0 Å². The van der Waals surface area contributed by atoms with Crippen molar-refractivity contribution < 1.29 is 24.2 Å². The van der Waals surface area contributed by atoms with Gasteiger partial charge < -0.3 is 19.5 Å². The Balaban J connectivity index is 1.58. The SMILES string of the molecule is COc1cc(/C=C/C(=O)OCC(=O)N2c3ccccc3CC2C)ccc1O. The number of hydrogen-bond donors (Lipinski definition) is 1. The molecule has 1 N–H and O–H groups in total. The molecule has 2 aromatic carbocycles. The standard InChI is InChI=1S/C21H21NO5/c1-14-11-16-5-3-4-6-17(16)22(14)20(24)13-27-21(25)10-8-15-7-9-18(23)19(12-15)26-2/h3-10,12,14,23H,11,13H2,1-2H3/b10-8+. The maximum atomic E-state index is 12.5. The first-order valence-electron chi connectivity index (χ1n) is 8.61. The summed E-state index contributed by atoms with van der Waals surface area (Å²) in [5.41, 5.74) is 2.65. The first-order chi connectivity index (χ1) is 13.0. The van der Waals surface area contributed by atoms with Crippen molar-refractivity contribution in [1.82, 2.24) is 0 Å². The minimum atomic E-state index is -0.615. The monoisotopic (exact) mass is 367 g/mol. The number of carbonyl (C=O) groups excluding carboxylic acids is 2. The molecule has 3 rings (SSSR count). The van der Waals surface area contributed by atoms with Gasteiger partial charge in [0.2, 0.25) is 0 Å². The van der Waals surface area contributed by atoms with Crippen LogP contribution in [0.2, 0.25) is 0 Å². The maximum Gasteiger partial charge on any atom is 0.331 e. The van der Waals surface area contributed by atoms with Gasteiger partial charge in [-0.15, -0.1) is 0 Å². The average molecular weight is 367 g/mol. The summed E-state index contributed by atoms with van der Waals surface area (Å²) in [4.78, 5) is 26.1. The lowest BCUT2D eigenvalue weighted by atomic mass is 10.1. The first kappa shape index (κ1) is 18.5. The van der Waals surface area contributed by atoms with Crippen molar-refractivity contribution in [3.05, 3.63) is 59.7 Å². The molecule has 6 nitrogen and oxygen atoms in total. The van der Waals surface area contributed by atoms with Crippen LogP contribution in [0, 0.1) is 0 Å². The number of fused-ring (bicyclic) bond motifs is 1. The van der Waals surface area contributed by atoms with Crippen LogP contribution in [0.1, 0.15) is 18.1 Å². The van der Waals surface area contributed by atoms with E-state index in [1.165, 1.54) is 25.3 Å². The van der Waals surface area contributed by atoms with Gasteiger partial charge in [0, 0.05) is 17.8 Å². The highest BCUT2D eigenvalue weighted by Crippen LogP contribution is 2.31. The lowest BCUT2D eigenvalue weighted by Crippen LogP contribution is -2.38. The van der Waals surface area contributed by atoms with E-state index in [0.717, 1.165) is 17.7 Å². The molecular formula is C21H21NO5. The minimum absolute atomic E-state index is 0.0165. The third-order valence-electron chi connectivity index (χ3n) is 4.43. The highest BCUT2D eigenvalue weighted by atomic mass is 16.5. The van der Waals surface area contributed by atoms with Gasteiger partial charge in [0.15, 0.2) is 18.1 Å². The van der Waals surface area contributed by atoms with Crippen LogP contribution < -0.4 is 9.64 Å². The fraction of sp³-hybridized carbons (Fsp3) is 0.238. The number of amides is 1. The Hall–Kier alpha value is -3.28. The van der Waals surface area contributed by atoms with E-state index < -0.39 is 5.97 Å². The van der Waals surface area contributed by atoms with E-state index in [4.69, 9.17) is 9.47 Å². The summed E-state index contributed by atoms with van der Waals surface area (Å²) < 4.78 is 10.1. The molecule has 140 valence electrons. The van der Waals surface area contributed by atoms with E-state index in [-0.39, 0.29) is 24.3 Å². The van der Waals surface area contributed by atoms with Gasteiger partial charge in [0.25, 0.3) is 5.91 Å². The van der Waals surface area contributed by atoms with E-state index in [1.807, 2.05) is 31.2 Å². The van der Waals surface area contributed by atoms with Crippen LogP contribution in [0.25, 0.3) is 6.08 Å². The number of phenols is 1. The molecule has 0 radical (unpaired) electrons. The average Bonchev–Trinajstić information content (AvgIpc) is 3.01. The van der Waals surface area contributed by atoms with Crippen LogP contribution in [0.5, 0.6) is 11.5 Å². The molecule has 1 aliphatic rings. The van der Waals surface area contributed by atoms with Crippen molar-refractivity contribution in [2.45, 2.75) is 19.4 Å². The zero-order valence-corrected chi connectivity index (χ0v) is 15.2. The Labute approximate surface area is 157 Å². The van der Waals surface area contributed by atoms with Crippen LogP contribution in [-0.4, -0.2) is 36.7 Å². The maximum absolute atomic E-state index is 12.5. The van der Waals surface area contributed by atoms with E-state index in [0.29, 0.717) is 11.3 Å². The predicted molar refractivity (Wildman–Crippen MR) is 102 cm³/mol. The number of nitrogens with zero attached hydrogens (tertiary/aromatic N) is 1. The normalized spacial score (nSPS) is 15.6. The molecule has 1 amide bonds. The molecule has 0 saturated heterocycles. The summed E-state index contributed by atoms with van der Waals surface area (Å²) in [6, 6.07) is 12.5. The minimum Gasteiger partial charge on any atom is -0.504 e. The van der Waals surface area contributed by atoms with E-state index in [9.17, 15) is 14.7 Å². The summed E-state index contributed by atoms with van der Waals surface area (Å²) in [5, 5.41) is 9.57. The van der Waals surface area contributed by atoms with Crippen LogP contribution in [0.15, 0.2) is 48.5 Å². The largest absolute Gasteiger partial charge is 0.504 e. The Kier molecular flexibility index (Phi) is 5.45. The van der Waals surface area contributed by atoms with Crippen molar-refractivity contribution in [2.75, 3.05) is 18.6 Å². The molecule has 0 aromatic heterocycles. The molecule has 0 saturated carbocycles. The Morgan fingerprint density at radius 3 is 2.81 bits per heavy atom. The fourth-order valence-electron chi connectivity index (χ4n) is 3.16. The van der Waals surface area contributed by atoms with Gasteiger partial charge in [-0.25, -0.2) is 4.79 Å². The molecule has 0 fully saturated rings. The number of rotatable bonds is 5. The number of ether oxygens (including phenoxy) is 2. The van der Waals surface area contributed by atoms with E-state index >= 15 is 0 Å². The van der Waals surface area contributed by atoms with Crippen LogP contribution in [0.4, 0.5) is 5.69 Å². The number of para-hydroxylation sites is 1. The summed E-state index contributed by atoms with van der Waals surface area (Å²) >= 11 is 0. The van der Waals surface area contributed by atoms with Crippen molar-refractivity contribution in [1.29, 1.82) is 0 Å². The third-order valence-corrected chi connectivity index (χ3v) is 4.43. The molecule has 2 aromatic rings. The van der Waals surface area contributed by atoms with Crippen LogP contribution >= 0.6 is 0 Å². The van der Waals surface area contributed by atoms with Gasteiger partial charge >= 0.3 is 5.97 Å². The lowest BCUT2D eigenvalue weighted by molar-refractivity contribution is -0.143.